The molecule has 0 spiro atoms. The van der Waals surface area contributed by atoms with Crippen molar-refractivity contribution >= 4 is 33.4 Å². The Morgan fingerprint density at radius 3 is 2.76 bits per heavy atom. The smallest absolute Gasteiger partial charge is 0.239 e. The van der Waals surface area contributed by atoms with Crippen molar-refractivity contribution in [3.05, 3.63) is 59.1 Å². The highest BCUT2D eigenvalue weighted by Gasteiger charge is 2.37. The molecule has 1 atom stereocenters. The van der Waals surface area contributed by atoms with Crippen molar-refractivity contribution in [2.24, 2.45) is 5.92 Å². The van der Waals surface area contributed by atoms with Gasteiger partial charge in [0.2, 0.25) is 11.8 Å². The van der Waals surface area contributed by atoms with Gasteiger partial charge in [0.15, 0.2) is 0 Å². The van der Waals surface area contributed by atoms with Crippen LogP contribution >= 0.6 is 15.9 Å². The number of nitrogens with one attached hydrogen (secondary N) is 1. The average molecular weight is 403 g/mol. The Balaban J connectivity index is 1.49. The Hall–Kier alpha value is -2.34. The molecular formula is C19H19BrN2O3. The molecule has 2 aromatic rings. The van der Waals surface area contributed by atoms with E-state index in [9.17, 15) is 9.59 Å². The summed E-state index contributed by atoms with van der Waals surface area (Å²) in [6.45, 7) is 1.29. The van der Waals surface area contributed by atoms with Crippen molar-refractivity contribution in [3.8, 4) is 5.75 Å². The molecule has 1 unspecified atom stereocenters. The normalized spacial score (nSPS) is 16.8. The number of para-hydroxylation sites is 1. The molecule has 1 N–H and O–H groups in total. The van der Waals surface area contributed by atoms with Crippen LogP contribution in [0.3, 0.4) is 0 Å². The first-order chi connectivity index (χ1) is 12.1. The summed E-state index contributed by atoms with van der Waals surface area (Å²) < 4.78 is 6.44. The highest BCUT2D eigenvalue weighted by Crippen LogP contribution is 2.27. The van der Waals surface area contributed by atoms with Crippen LogP contribution in [-0.2, 0) is 9.59 Å². The molecule has 5 nitrogen and oxygen atoms in total. The summed E-state index contributed by atoms with van der Waals surface area (Å²) in [6, 6.07) is 16.9. The minimum absolute atomic E-state index is 0.153. The fourth-order valence-corrected chi connectivity index (χ4v) is 3.19. The molecule has 1 aliphatic rings. The maximum atomic E-state index is 12.5. The van der Waals surface area contributed by atoms with Gasteiger partial charge < -0.3 is 15.0 Å². The molecule has 2 amide bonds. The quantitative estimate of drug-likeness (QED) is 0.596. The number of benzene rings is 2. The first-order valence-corrected chi connectivity index (χ1v) is 8.97. The van der Waals surface area contributed by atoms with Gasteiger partial charge in [-0.05, 0) is 36.8 Å². The van der Waals surface area contributed by atoms with Crippen LogP contribution in [0, 0.1) is 5.92 Å². The zero-order chi connectivity index (χ0) is 17.6. The summed E-state index contributed by atoms with van der Waals surface area (Å²) in [5, 5.41) is 2.79. The minimum atomic E-state index is -0.629. The monoisotopic (exact) mass is 402 g/mol. The summed E-state index contributed by atoms with van der Waals surface area (Å²) in [4.78, 5) is 26.5. The molecule has 2 aromatic carbocycles. The number of ether oxygens (including phenoxy) is 1. The molecule has 130 valence electrons. The number of halogens is 1. The Bertz CT molecular complexity index is 751. The molecule has 0 radical (unpaired) electrons. The Kier molecular flexibility index (Phi) is 5.71. The van der Waals surface area contributed by atoms with E-state index in [1.165, 1.54) is 0 Å². The number of anilines is 1. The third kappa shape index (κ3) is 4.39. The highest BCUT2D eigenvalue weighted by molar-refractivity contribution is 9.10. The van der Waals surface area contributed by atoms with Crippen LogP contribution in [0.2, 0.25) is 0 Å². The predicted molar refractivity (Wildman–Crippen MR) is 99.5 cm³/mol. The van der Waals surface area contributed by atoms with Crippen LogP contribution in [-0.4, -0.2) is 31.5 Å². The molecule has 6 heteroatoms. The second-order valence-corrected chi connectivity index (χ2v) is 6.68. The van der Waals surface area contributed by atoms with Gasteiger partial charge in [0.05, 0.1) is 6.54 Å². The summed E-state index contributed by atoms with van der Waals surface area (Å²) in [5.41, 5.74) is 0.807. The maximum Gasteiger partial charge on any atom is 0.239 e. The van der Waals surface area contributed by atoms with Gasteiger partial charge in [-0.1, -0.05) is 40.2 Å². The second kappa shape index (κ2) is 8.16. The molecule has 3 rings (SSSR count). The number of carbonyl (C=O) groups excluding carboxylic acids is 2. The van der Waals surface area contributed by atoms with Crippen LogP contribution in [0.15, 0.2) is 59.1 Å². The van der Waals surface area contributed by atoms with E-state index < -0.39 is 5.92 Å². The second-order valence-electron chi connectivity index (χ2n) is 5.76. The number of carbonyl (C=O) groups is 2. The maximum absolute atomic E-state index is 12.5. The molecule has 1 fully saturated rings. The first kappa shape index (κ1) is 17.5. The van der Waals surface area contributed by atoms with Crippen molar-refractivity contribution in [3.63, 3.8) is 0 Å². The molecule has 0 bridgehead atoms. The van der Waals surface area contributed by atoms with Crippen molar-refractivity contribution in [1.29, 1.82) is 0 Å². The van der Waals surface area contributed by atoms with Crippen LogP contribution in [0.5, 0.6) is 5.75 Å². The van der Waals surface area contributed by atoms with Gasteiger partial charge in [-0.15, -0.1) is 0 Å². The van der Waals surface area contributed by atoms with Crippen LogP contribution in [0.1, 0.15) is 6.42 Å². The van der Waals surface area contributed by atoms with E-state index in [-0.39, 0.29) is 11.8 Å². The zero-order valence-corrected chi connectivity index (χ0v) is 15.2. The molecule has 0 saturated carbocycles. The first-order valence-electron chi connectivity index (χ1n) is 8.17. The predicted octanol–water partition coefficient (Wildman–Crippen LogP) is 3.00. The number of rotatable bonds is 6. The molecule has 0 aromatic heterocycles. The summed E-state index contributed by atoms with van der Waals surface area (Å²) in [6.07, 6.45) is 0.525. The molecule has 25 heavy (non-hydrogen) atoms. The average Bonchev–Trinajstić information content (AvgIpc) is 3.01. The lowest BCUT2D eigenvalue weighted by Gasteiger charge is -2.17. The van der Waals surface area contributed by atoms with Gasteiger partial charge in [-0.2, -0.15) is 0 Å². The largest absolute Gasteiger partial charge is 0.492 e. The Morgan fingerprint density at radius 2 is 2.00 bits per heavy atom. The summed E-state index contributed by atoms with van der Waals surface area (Å²) >= 11 is 3.40. The molecule has 1 saturated heterocycles. The molecule has 1 aliphatic heterocycles. The fraction of sp³-hybridized carbons (Fsp3) is 0.263. The van der Waals surface area contributed by atoms with Crippen LogP contribution in [0.25, 0.3) is 0 Å². The summed E-state index contributed by atoms with van der Waals surface area (Å²) in [7, 11) is 0. The van der Waals surface area contributed by atoms with E-state index in [4.69, 9.17) is 4.74 Å². The number of hydrogen-bond donors (Lipinski definition) is 1. The van der Waals surface area contributed by atoms with Crippen molar-refractivity contribution < 1.29 is 14.3 Å². The lowest BCUT2D eigenvalue weighted by atomic mass is 10.1. The van der Waals surface area contributed by atoms with E-state index in [1.807, 2.05) is 54.6 Å². The fourth-order valence-electron chi connectivity index (χ4n) is 2.81. The Morgan fingerprint density at radius 1 is 1.20 bits per heavy atom. The van der Waals surface area contributed by atoms with Gasteiger partial charge in [0, 0.05) is 16.7 Å². The van der Waals surface area contributed by atoms with E-state index in [0.717, 1.165) is 15.9 Å². The van der Waals surface area contributed by atoms with Crippen molar-refractivity contribution in [2.45, 2.75) is 6.42 Å². The van der Waals surface area contributed by atoms with Crippen molar-refractivity contribution in [1.82, 2.24) is 5.32 Å². The van der Waals surface area contributed by atoms with Gasteiger partial charge in [0.25, 0.3) is 0 Å². The van der Waals surface area contributed by atoms with E-state index >= 15 is 0 Å². The SMILES string of the molecule is O=C(NCCOc1ccccc1)C1CCN(c2cccc(Br)c2)C1=O. The van der Waals surface area contributed by atoms with Crippen LogP contribution in [0.4, 0.5) is 5.69 Å². The minimum Gasteiger partial charge on any atom is -0.492 e. The van der Waals surface area contributed by atoms with Crippen LogP contribution < -0.4 is 15.0 Å². The van der Waals surface area contributed by atoms with E-state index in [0.29, 0.717) is 26.1 Å². The number of nitrogens with zero attached hydrogens (tertiary/aromatic N) is 1. The van der Waals surface area contributed by atoms with Gasteiger partial charge in [0.1, 0.15) is 18.3 Å². The van der Waals surface area contributed by atoms with Gasteiger partial charge in [-0.25, -0.2) is 0 Å². The number of amides is 2. The van der Waals surface area contributed by atoms with E-state index in [1.54, 1.807) is 4.90 Å². The van der Waals surface area contributed by atoms with Gasteiger partial charge >= 0.3 is 0 Å². The highest BCUT2D eigenvalue weighted by atomic mass is 79.9. The molecular weight excluding hydrogens is 384 g/mol. The zero-order valence-electron chi connectivity index (χ0n) is 13.7. The third-order valence-electron chi connectivity index (χ3n) is 4.06. The summed E-state index contributed by atoms with van der Waals surface area (Å²) in [5.74, 6) is -0.260. The lowest BCUT2D eigenvalue weighted by Crippen LogP contribution is -2.38. The standard InChI is InChI=1S/C19H19BrN2O3/c20-14-5-4-6-15(13-14)22-11-9-17(19(22)24)18(23)21-10-12-25-16-7-2-1-3-8-16/h1-8,13,17H,9-12H2,(H,21,23). The topological polar surface area (TPSA) is 58.6 Å². The van der Waals surface area contributed by atoms with Crippen molar-refractivity contribution in [2.75, 3.05) is 24.6 Å². The Labute approximate surface area is 155 Å². The van der Waals surface area contributed by atoms with E-state index in [2.05, 4.69) is 21.2 Å². The lowest BCUT2D eigenvalue weighted by molar-refractivity contribution is -0.132. The van der Waals surface area contributed by atoms with Gasteiger partial charge in [-0.3, -0.25) is 9.59 Å². The molecule has 1 heterocycles. The molecule has 0 aliphatic carbocycles. The number of hydrogen-bond acceptors (Lipinski definition) is 3. The third-order valence-corrected chi connectivity index (χ3v) is 4.55.